The van der Waals surface area contributed by atoms with Crippen LogP contribution in [0.25, 0.3) is 0 Å². The molecular weight excluding hydrogens is 359 g/mol. The van der Waals surface area contributed by atoms with Crippen LogP contribution >= 0.6 is 0 Å². The normalized spacial score (nSPS) is 11.9. The maximum absolute atomic E-state index is 13.9. The lowest BCUT2D eigenvalue weighted by molar-refractivity contribution is 0.0600. The van der Waals surface area contributed by atoms with Crippen molar-refractivity contribution in [1.29, 1.82) is 0 Å². The highest BCUT2D eigenvalue weighted by Gasteiger charge is 2.31. The van der Waals surface area contributed by atoms with E-state index in [-0.39, 0.29) is 22.7 Å². The molecule has 0 spiro atoms. The van der Waals surface area contributed by atoms with E-state index in [0.717, 1.165) is 0 Å². The van der Waals surface area contributed by atoms with Crippen molar-refractivity contribution in [3.63, 3.8) is 0 Å². The number of carbonyl (C=O) groups is 1. The lowest BCUT2D eigenvalue weighted by atomic mass is 10.1. The molecule has 0 atom stereocenters. The van der Waals surface area contributed by atoms with Crippen LogP contribution in [0.1, 0.15) is 36.7 Å². The first kappa shape index (κ1) is 19.8. The van der Waals surface area contributed by atoms with Gasteiger partial charge < -0.3 is 10.1 Å². The van der Waals surface area contributed by atoms with Gasteiger partial charge in [-0.05, 0) is 51.1 Å². The van der Waals surface area contributed by atoms with Crippen molar-refractivity contribution in [2.24, 2.45) is 0 Å². The Morgan fingerprint density at radius 1 is 1.23 bits per heavy atom. The number of carbonyl (C=O) groups excluding carboxylic acids is 1. The average molecular weight is 380 g/mol. The van der Waals surface area contributed by atoms with Gasteiger partial charge in [-0.3, -0.25) is 0 Å². The molecule has 26 heavy (non-hydrogen) atoms. The van der Waals surface area contributed by atoms with Crippen molar-refractivity contribution < 1.29 is 22.3 Å². The lowest BCUT2D eigenvalue weighted by Crippen LogP contribution is -2.28. The van der Waals surface area contributed by atoms with Crippen molar-refractivity contribution in [3.05, 3.63) is 53.5 Å². The van der Waals surface area contributed by atoms with E-state index in [1.54, 1.807) is 26.8 Å². The van der Waals surface area contributed by atoms with E-state index in [4.69, 9.17) is 0 Å². The molecule has 8 heteroatoms. The second-order valence-corrected chi connectivity index (χ2v) is 9.30. The van der Waals surface area contributed by atoms with E-state index in [2.05, 4.69) is 15.0 Å². The van der Waals surface area contributed by atoms with Gasteiger partial charge >= 0.3 is 5.97 Å². The number of ether oxygens (including phenoxy) is 1. The summed E-state index contributed by atoms with van der Waals surface area (Å²) in [6.07, 6.45) is 1.38. The molecule has 0 aliphatic rings. The number of halogens is 1. The molecule has 0 aliphatic carbocycles. The summed E-state index contributed by atoms with van der Waals surface area (Å²) in [5, 5.41) is 2.93. The molecule has 0 aliphatic heterocycles. The van der Waals surface area contributed by atoms with Gasteiger partial charge in [-0.15, -0.1) is 0 Å². The molecule has 1 heterocycles. The van der Waals surface area contributed by atoms with Crippen LogP contribution in [0.5, 0.6) is 0 Å². The SMILES string of the molecule is COC(=O)c1ccc(F)c(CNc2ccc(S(=O)(=O)C(C)(C)C)nc2)c1. The number of hydrogen-bond acceptors (Lipinski definition) is 6. The van der Waals surface area contributed by atoms with Gasteiger partial charge in [0.15, 0.2) is 14.9 Å². The Morgan fingerprint density at radius 3 is 2.46 bits per heavy atom. The van der Waals surface area contributed by atoms with Gasteiger partial charge in [-0.2, -0.15) is 0 Å². The Hall–Kier alpha value is -2.48. The monoisotopic (exact) mass is 380 g/mol. The highest BCUT2D eigenvalue weighted by Crippen LogP contribution is 2.24. The minimum absolute atomic E-state index is 0.0191. The van der Waals surface area contributed by atoms with Crippen LogP contribution in [-0.2, 0) is 21.1 Å². The van der Waals surface area contributed by atoms with Gasteiger partial charge in [0.05, 0.1) is 29.3 Å². The second kappa shape index (κ2) is 7.41. The zero-order valence-corrected chi connectivity index (χ0v) is 15.9. The number of nitrogens with one attached hydrogen (secondary N) is 1. The number of benzene rings is 1. The fourth-order valence-electron chi connectivity index (χ4n) is 2.11. The summed E-state index contributed by atoms with van der Waals surface area (Å²) < 4.78 is 42.3. The van der Waals surface area contributed by atoms with E-state index >= 15 is 0 Å². The first-order valence-corrected chi connectivity index (χ1v) is 9.36. The van der Waals surface area contributed by atoms with Gasteiger partial charge in [0, 0.05) is 12.1 Å². The first-order chi connectivity index (χ1) is 12.1. The molecule has 0 saturated carbocycles. The van der Waals surface area contributed by atoms with Gasteiger partial charge in [0.1, 0.15) is 5.82 Å². The minimum atomic E-state index is -3.54. The van der Waals surface area contributed by atoms with E-state index in [1.165, 1.54) is 37.6 Å². The van der Waals surface area contributed by atoms with Crippen molar-refractivity contribution >= 4 is 21.5 Å². The standard InChI is InChI=1S/C18H21FN2O4S/c1-18(2,3)26(23,24)16-8-6-14(11-21-16)20-10-13-9-12(17(22)25-4)5-7-15(13)19/h5-9,11,20H,10H2,1-4H3. The Bertz CT molecular complexity index is 904. The Balaban J connectivity index is 2.15. The van der Waals surface area contributed by atoms with Crippen LogP contribution in [0.3, 0.4) is 0 Å². The number of sulfone groups is 1. The van der Waals surface area contributed by atoms with Gasteiger partial charge in [0.25, 0.3) is 0 Å². The third-order valence-corrected chi connectivity index (χ3v) is 6.17. The molecule has 0 radical (unpaired) electrons. The summed E-state index contributed by atoms with van der Waals surface area (Å²) in [7, 11) is -2.28. The predicted molar refractivity (Wildman–Crippen MR) is 96.2 cm³/mol. The summed E-state index contributed by atoms with van der Waals surface area (Å²) in [6, 6.07) is 6.91. The van der Waals surface area contributed by atoms with Crippen LogP contribution in [0.4, 0.5) is 10.1 Å². The third-order valence-electron chi connectivity index (χ3n) is 3.77. The van der Waals surface area contributed by atoms with Crippen molar-refractivity contribution in [3.8, 4) is 0 Å². The molecule has 140 valence electrons. The van der Waals surface area contributed by atoms with Crippen molar-refractivity contribution in [1.82, 2.24) is 4.98 Å². The Kier molecular flexibility index (Phi) is 5.65. The number of anilines is 1. The number of esters is 1. The quantitative estimate of drug-likeness (QED) is 0.802. The molecule has 0 fully saturated rings. The van der Waals surface area contributed by atoms with Crippen LogP contribution in [0.2, 0.25) is 0 Å². The molecule has 1 aromatic heterocycles. The van der Waals surface area contributed by atoms with Crippen LogP contribution in [-0.4, -0.2) is 31.2 Å². The number of pyridine rings is 1. The summed E-state index contributed by atoms with van der Waals surface area (Å²) >= 11 is 0. The topological polar surface area (TPSA) is 85.4 Å². The summed E-state index contributed by atoms with van der Waals surface area (Å²) in [4.78, 5) is 15.5. The molecule has 0 amide bonds. The van der Waals surface area contributed by atoms with Crippen molar-refractivity contribution in [2.75, 3.05) is 12.4 Å². The summed E-state index contributed by atoms with van der Waals surface area (Å²) in [6.45, 7) is 4.91. The molecule has 2 aromatic rings. The maximum Gasteiger partial charge on any atom is 0.337 e. The number of hydrogen-bond donors (Lipinski definition) is 1. The van der Waals surface area contributed by atoms with Crippen LogP contribution in [0.15, 0.2) is 41.6 Å². The fraction of sp³-hybridized carbons (Fsp3) is 0.333. The molecular formula is C18H21FN2O4S. The largest absolute Gasteiger partial charge is 0.465 e. The zero-order chi connectivity index (χ0) is 19.5. The number of nitrogens with zero attached hydrogens (tertiary/aromatic N) is 1. The summed E-state index contributed by atoms with van der Waals surface area (Å²) in [5.41, 5.74) is 1.05. The van der Waals surface area contributed by atoms with E-state index in [0.29, 0.717) is 5.69 Å². The summed E-state index contributed by atoms with van der Waals surface area (Å²) in [5.74, 6) is -1.02. The third kappa shape index (κ3) is 4.19. The van der Waals surface area contributed by atoms with E-state index < -0.39 is 26.4 Å². The van der Waals surface area contributed by atoms with E-state index in [9.17, 15) is 17.6 Å². The predicted octanol–water partition coefficient (Wildman–Crippen LogP) is 3.19. The van der Waals surface area contributed by atoms with Crippen LogP contribution < -0.4 is 5.32 Å². The van der Waals surface area contributed by atoms with Gasteiger partial charge in [-0.1, -0.05) is 0 Å². The highest BCUT2D eigenvalue weighted by atomic mass is 32.2. The van der Waals surface area contributed by atoms with E-state index in [1.807, 2.05) is 0 Å². The fourth-order valence-corrected chi connectivity index (χ4v) is 3.18. The molecule has 0 bridgehead atoms. The zero-order valence-electron chi connectivity index (χ0n) is 15.0. The molecule has 2 rings (SSSR count). The number of rotatable bonds is 5. The van der Waals surface area contributed by atoms with Crippen molar-refractivity contribution in [2.45, 2.75) is 37.1 Å². The molecule has 0 saturated heterocycles. The average Bonchev–Trinajstić information content (AvgIpc) is 2.59. The smallest absolute Gasteiger partial charge is 0.337 e. The number of methoxy groups -OCH3 is 1. The number of aromatic nitrogens is 1. The molecule has 1 N–H and O–H groups in total. The first-order valence-electron chi connectivity index (χ1n) is 7.87. The van der Waals surface area contributed by atoms with Gasteiger partial charge in [-0.25, -0.2) is 22.6 Å². The highest BCUT2D eigenvalue weighted by molar-refractivity contribution is 7.92. The van der Waals surface area contributed by atoms with Gasteiger partial charge in [0.2, 0.25) is 0 Å². The molecule has 0 unspecified atom stereocenters. The van der Waals surface area contributed by atoms with Crippen LogP contribution in [0, 0.1) is 5.82 Å². The molecule has 1 aromatic carbocycles. The maximum atomic E-state index is 13.9. The minimum Gasteiger partial charge on any atom is -0.465 e. The second-order valence-electron chi connectivity index (χ2n) is 6.65. The molecule has 6 nitrogen and oxygen atoms in total. The lowest BCUT2D eigenvalue weighted by Gasteiger charge is -2.18. The Morgan fingerprint density at radius 2 is 1.92 bits per heavy atom. The Labute approximate surface area is 152 Å².